The maximum atomic E-state index is 12.2. The number of anilines is 1. The SMILES string of the molecule is CCNC(=O)c1c(N)sc(CC)c1-c1ccc(Cl)cc1. The van der Waals surface area contributed by atoms with E-state index in [1.54, 1.807) is 0 Å². The summed E-state index contributed by atoms with van der Waals surface area (Å²) in [6, 6.07) is 7.49. The molecule has 1 amide bonds. The molecule has 0 saturated heterocycles. The Labute approximate surface area is 127 Å². The van der Waals surface area contributed by atoms with Crippen molar-refractivity contribution < 1.29 is 4.79 Å². The summed E-state index contributed by atoms with van der Waals surface area (Å²) < 4.78 is 0. The zero-order chi connectivity index (χ0) is 14.7. The molecule has 2 rings (SSSR count). The summed E-state index contributed by atoms with van der Waals surface area (Å²) in [6.07, 6.45) is 0.840. The summed E-state index contributed by atoms with van der Waals surface area (Å²) in [6.45, 7) is 4.53. The highest BCUT2D eigenvalue weighted by Crippen LogP contribution is 2.39. The first-order chi connectivity index (χ1) is 9.58. The molecule has 0 fully saturated rings. The van der Waals surface area contributed by atoms with Crippen LogP contribution in [0.1, 0.15) is 29.1 Å². The van der Waals surface area contributed by atoms with Crippen LogP contribution >= 0.6 is 22.9 Å². The summed E-state index contributed by atoms with van der Waals surface area (Å²) >= 11 is 7.41. The fourth-order valence-electron chi connectivity index (χ4n) is 2.14. The standard InChI is InChI=1S/C15H17ClN2OS/c1-3-11-12(9-5-7-10(16)8-6-9)13(14(17)20-11)15(19)18-4-2/h5-8H,3-4,17H2,1-2H3,(H,18,19). The minimum absolute atomic E-state index is 0.120. The van der Waals surface area contributed by atoms with E-state index in [-0.39, 0.29) is 5.91 Å². The molecule has 0 atom stereocenters. The highest BCUT2D eigenvalue weighted by Gasteiger charge is 2.22. The van der Waals surface area contributed by atoms with Crippen LogP contribution in [0, 0.1) is 0 Å². The molecule has 0 saturated carbocycles. The lowest BCUT2D eigenvalue weighted by atomic mass is 10.00. The van der Waals surface area contributed by atoms with Crippen molar-refractivity contribution in [1.29, 1.82) is 0 Å². The largest absolute Gasteiger partial charge is 0.390 e. The van der Waals surface area contributed by atoms with Crippen LogP contribution in [0.25, 0.3) is 11.1 Å². The van der Waals surface area contributed by atoms with Crippen LogP contribution in [0.2, 0.25) is 5.02 Å². The van der Waals surface area contributed by atoms with E-state index < -0.39 is 0 Å². The van der Waals surface area contributed by atoms with Crippen LogP contribution in [0.4, 0.5) is 5.00 Å². The number of hydrogen-bond donors (Lipinski definition) is 2. The van der Waals surface area contributed by atoms with Crippen molar-refractivity contribution in [1.82, 2.24) is 5.32 Å². The highest BCUT2D eigenvalue weighted by atomic mass is 35.5. The number of nitrogen functional groups attached to an aromatic ring is 1. The third kappa shape index (κ3) is 2.81. The van der Waals surface area contributed by atoms with Crippen molar-refractivity contribution in [2.75, 3.05) is 12.3 Å². The second kappa shape index (κ2) is 6.29. The van der Waals surface area contributed by atoms with Crippen molar-refractivity contribution in [2.45, 2.75) is 20.3 Å². The molecule has 0 radical (unpaired) electrons. The zero-order valence-corrected chi connectivity index (χ0v) is 13.1. The molecule has 3 nitrogen and oxygen atoms in total. The van der Waals surface area contributed by atoms with Crippen LogP contribution in [0.15, 0.2) is 24.3 Å². The number of halogens is 1. The number of nitrogens with one attached hydrogen (secondary N) is 1. The van der Waals surface area contributed by atoms with Crippen molar-refractivity contribution >= 4 is 33.8 Å². The lowest BCUT2D eigenvalue weighted by molar-refractivity contribution is 0.0957. The van der Waals surface area contributed by atoms with Gasteiger partial charge < -0.3 is 11.1 Å². The average Bonchev–Trinajstić information content (AvgIpc) is 2.76. The Bertz CT molecular complexity index is 620. The predicted molar refractivity (Wildman–Crippen MR) is 86.6 cm³/mol. The Morgan fingerprint density at radius 1 is 1.30 bits per heavy atom. The molecule has 0 aliphatic rings. The number of carbonyl (C=O) groups is 1. The molecule has 1 heterocycles. The molecule has 1 aromatic heterocycles. The Balaban J connectivity index is 2.60. The Kier molecular flexibility index (Phi) is 4.68. The summed E-state index contributed by atoms with van der Waals surface area (Å²) in [7, 11) is 0. The van der Waals surface area contributed by atoms with Gasteiger partial charge in [0.2, 0.25) is 0 Å². The zero-order valence-electron chi connectivity index (χ0n) is 11.5. The lowest BCUT2D eigenvalue weighted by Gasteiger charge is -2.08. The summed E-state index contributed by atoms with van der Waals surface area (Å²) in [5.41, 5.74) is 8.53. The van der Waals surface area contributed by atoms with Gasteiger partial charge in [-0.1, -0.05) is 30.7 Å². The minimum Gasteiger partial charge on any atom is -0.390 e. The van der Waals surface area contributed by atoms with E-state index in [1.807, 2.05) is 31.2 Å². The van der Waals surface area contributed by atoms with Crippen LogP contribution in [-0.2, 0) is 6.42 Å². The second-order valence-electron chi connectivity index (χ2n) is 4.36. The van der Waals surface area contributed by atoms with Gasteiger partial charge in [-0.3, -0.25) is 4.79 Å². The maximum absolute atomic E-state index is 12.2. The molecule has 106 valence electrons. The van der Waals surface area contributed by atoms with Crippen LogP contribution in [0.3, 0.4) is 0 Å². The summed E-state index contributed by atoms with van der Waals surface area (Å²) in [4.78, 5) is 13.4. The van der Waals surface area contributed by atoms with Gasteiger partial charge in [0, 0.05) is 22.0 Å². The second-order valence-corrected chi connectivity index (χ2v) is 5.93. The number of carbonyl (C=O) groups excluding carboxylic acids is 1. The van der Waals surface area contributed by atoms with Gasteiger partial charge in [-0.2, -0.15) is 0 Å². The van der Waals surface area contributed by atoms with Gasteiger partial charge in [-0.05, 0) is 31.0 Å². The maximum Gasteiger partial charge on any atom is 0.254 e. The van der Waals surface area contributed by atoms with E-state index in [1.165, 1.54) is 11.3 Å². The molecule has 2 aromatic rings. The van der Waals surface area contributed by atoms with Crippen LogP contribution in [-0.4, -0.2) is 12.5 Å². The minimum atomic E-state index is -0.120. The first kappa shape index (κ1) is 14.9. The van der Waals surface area contributed by atoms with E-state index >= 15 is 0 Å². The molecule has 3 N–H and O–H groups in total. The molecule has 0 bridgehead atoms. The number of hydrogen-bond acceptors (Lipinski definition) is 3. The van der Waals surface area contributed by atoms with Crippen molar-refractivity contribution in [3.05, 3.63) is 39.7 Å². The van der Waals surface area contributed by atoms with E-state index in [9.17, 15) is 4.79 Å². The molecule has 0 unspecified atom stereocenters. The number of thiophene rings is 1. The number of nitrogens with two attached hydrogens (primary N) is 1. The predicted octanol–water partition coefficient (Wildman–Crippen LogP) is 3.96. The summed E-state index contributed by atoms with van der Waals surface area (Å²) in [5, 5.41) is 4.07. The Hall–Kier alpha value is -1.52. The first-order valence-corrected chi connectivity index (χ1v) is 7.73. The van der Waals surface area contributed by atoms with Gasteiger partial charge >= 0.3 is 0 Å². The van der Waals surface area contributed by atoms with Crippen molar-refractivity contribution in [2.24, 2.45) is 0 Å². The third-order valence-electron chi connectivity index (χ3n) is 3.03. The van der Waals surface area contributed by atoms with E-state index in [2.05, 4.69) is 12.2 Å². The smallest absolute Gasteiger partial charge is 0.254 e. The number of amides is 1. The molecule has 0 spiro atoms. The number of rotatable bonds is 4. The number of benzene rings is 1. The van der Waals surface area contributed by atoms with Gasteiger partial charge in [0.15, 0.2) is 0 Å². The first-order valence-electron chi connectivity index (χ1n) is 6.53. The quantitative estimate of drug-likeness (QED) is 0.898. The molecular weight excluding hydrogens is 292 g/mol. The normalized spacial score (nSPS) is 10.6. The molecule has 0 aliphatic carbocycles. The van der Waals surface area contributed by atoms with Crippen LogP contribution in [0.5, 0.6) is 0 Å². The van der Waals surface area contributed by atoms with E-state index in [0.29, 0.717) is 22.1 Å². The molecule has 20 heavy (non-hydrogen) atoms. The monoisotopic (exact) mass is 308 g/mol. The fraction of sp³-hybridized carbons (Fsp3) is 0.267. The number of aryl methyl sites for hydroxylation is 1. The Morgan fingerprint density at radius 3 is 2.50 bits per heavy atom. The van der Waals surface area contributed by atoms with Crippen LogP contribution < -0.4 is 11.1 Å². The van der Waals surface area contributed by atoms with Gasteiger partial charge in [0.25, 0.3) is 5.91 Å². The van der Waals surface area contributed by atoms with Gasteiger partial charge in [-0.15, -0.1) is 11.3 Å². The fourth-order valence-corrected chi connectivity index (χ4v) is 3.30. The van der Waals surface area contributed by atoms with Gasteiger partial charge in [-0.25, -0.2) is 0 Å². The van der Waals surface area contributed by atoms with E-state index in [0.717, 1.165) is 22.4 Å². The molecule has 1 aromatic carbocycles. The average molecular weight is 309 g/mol. The highest BCUT2D eigenvalue weighted by molar-refractivity contribution is 7.17. The Morgan fingerprint density at radius 2 is 1.95 bits per heavy atom. The summed E-state index contributed by atoms with van der Waals surface area (Å²) in [5.74, 6) is -0.120. The van der Waals surface area contributed by atoms with E-state index in [4.69, 9.17) is 17.3 Å². The topological polar surface area (TPSA) is 55.1 Å². The molecular formula is C15H17ClN2OS. The van der Waals surface area contributed by atoms with Gasteiger partial charge in [0.1, 0.15) is 0 Å². The third-order valence-corrected chi connectivity index (χ3v) is 4.44. The van der Waals surface area contributed by atoms with Crippen molar-refractivity contribution in [3.63, 3.8) is 0 Å². The lowest BCUT2D eigenvalue weighted by Crippen LogP contribution is -2.23. The van der Waals surface area contributed by atoms with Crippen molar-refractivity contribution in [3.8, 4) is 11.1 Å². The van der Waals surface area contributed by atoms with Gasteiger partial charge in [0.05, 0.1) is 10.6 Å². The molecule has 0 aliphatic heterocycles. The molecule has 5 heteroatoms.